The summed E-state index contributed by atoms with van der Waals surface area (Å²) in [5.74, 6) is -1.94. The van der Waals surface area contributed by atoms with E-state index in [0.717, 1.165) is 12.1 Å². The second kappa shape index (κ2) is 5.87. The first kappa shape index (κ1) is 14.9. The molecule has 0 spiro atoms. The first-order chi connectivity index (χ1) is 9.46. The summed E-state index contributed by atoms with van der Waals surface area (Å²) in [6.07, 6.45) is 1.40. The molecule has 2 rings (SSSR count). The van der Waals surface area contributed by atoms with Gasteiger partial charge in [-0.15, -0.1) is 0 Å². The van der Waals surface area contributed by atoms with Gasteiger partial charge in [0, 0.05) is 11.6 Å². The van der Waals surface area contributed by atoms with Crippen molar-refractivity contribution >= 4 is 5.97 Å². The first-order valence-electron chi connectivity index (χ1n) is 6.81. The summed E-state index contributed by atoms with van der Waals surface area (Å²) in [7, 11) is 0. The molecule has 1 aromatic carbocycles. The van der Waals surface area contributed by atoms with Crippen LogP contribution >= 0.6 is 0 Å². The van der Waals surface area contributed by atoms with E-state index in [2.05, 4.69) is 0 Å². The highest BCUT2D eigenvalue weighted by molar-refractivity contribution is 5.72. The van der Waals surface area contributed by atoms with E-state index < -0.39 is 17.2 Å². The highest BCUT2D eigenvalue weighted by Gasteiger charge is 2.39. The predicted molar refractivity (Wildman–Crippen MR) is 68.8 cm³/mol. The molecular formula is C15H18F2O3. The molecule has 0 radical (unpaired) electrons. The fourth-order valence-corrected chi connectivity index (χ4v) is 2.73. The molecule has 0 bridgehead atoms. The van der Waals surface area contributed by atoms with Crippen LogP contribution < -0.4 is 0 Å². The molecule has 0 aliphatic heterocycles. The van der Waals surface area contributed by atoms with Gasteiger partial charge in [-0.2, -0.15) is 0 Å². The second-order valence-electron chi connectivity index (χ2n) is 5.18. The van der Waals surface area contributed by atoms with E-state index in [4.69, 9.17) is 4.74 Å². The van der Waals surface area contributed by atoms with Crippen LogP contribution in [0.25, 0.3) is 0 Å². The van der Waals surface area contributed by atoms with Gasteiger partial charge in [-0.1, -0.05) is 6.07 Å². The molecular weight excluding hydrogens is 266 g/mol. The largest absolute Gasteiger partial charge is 0.466 e. The maximum atomic E-state index is 13.8. The van der Waals surface area contributed by atoms with E-state index in [9.17, 15) is 18.7 Å². The molecule has 5 heteroatoms. The lowest BCUT2D eigenvalue weighted by Gasteiger charge is -2.35. The minimum Gasteiger partial charge on any atom is -0.466 e. The summed E-state index contributed by atoms with van der Waals surface area (Å²) in [6, 6.07) is 3.17. The quantitative estimate of drug-likeness (QED) is 0.868. The van der Waals surface area contributed by atoms with Crippen molar-refractivity contribution in [3.8, 4) is 0 Å². The molecule has 0 aromatic heterocycles. The highest BCUT2D eigenvalue weighted by Crippen LogP contribution is 2.40. The molecule has 1 fully saturated rings. The van der Waals surface area contributed by atoms with Crippen molar-refractivity contribution in [3.05, 3.63) is 35.4 Å². The standard InChI is InChI=1S/C15H18F2O3/c1-2-20-14(18)10-5-7-15(19,8-6-10)12-4-3-11(16)9-13(12)17/h3-4,9-10,19H,2,5-8H2,1H3. The van der Waals surface area contributed by atoms with E-state index >= 15 is 0 Å². The Labute approximate surface area is 116 Å². The molecule has 0 unspecified atom stereocenters. The van der Waals surface area contributed by atoms with Crippen molar-refractivity contribution in [3.63, 3.8) is 0 Å². The average molecular weight is 284 g/mol. The molecule has 0 saturated heterocycles. The molecule has 110 valence electrons. The molecule has 20 heavy (non-hydrogen) atoms. The molecule has 0 amide bonds. The zero-order valence-corrected chi connectivity index (χ0v) is 11.4. The topological polar surface area (TPSA) is 46.5 Å². The number of hydrogen-bond donors (Lipinski definition) is 1. The summed E-state index contributed by atoms with van der Waals surface area (Å²) in [6.45, 7) is 2.07. The monoisotopic (exact) mass is 284 g/mol. The maximum Gasteiger partial charge on any atom is 0.308 e. The van der Waals surface area contributed by atoms with Crippen LogP contribution in [0.15, 0.2) is 18.2 Å². The van der Waals surface area contributed by atoms with Crippen molar-refractivity contribution in [2.75, 3.05) is 6.61 Å². The van der Waals surface area contributed by atoms with Crippen LogP contribution in [0.4, 0.5) is 8.78 Å². The predicted octanol–water partition coefficient (Wildman–Crippen LogP) is 2.91. The van der Waals surface area contributed by atoms with Crippen molar-refractivity contribution in [2.24, 2.45) is 5.92 Å². The van der Waals surface area contributed by atoms with Gasteiger partial charge < -0.3 is 9.84 Å². The number of hydrogen-bond acceptors (Lipinski definition) is 3. The number of rotatable bonds is 3. The number of ether oxygens (including phenoxy) is 1. The smallest absolute Gasteiger partial charge is 0.308 e. The third-order valence-corrected chi connectivity index (χ3v) is 3.87. The Morgan fingerprint density at radius 1 is 1.40 bits per heavy atom. The lowest BCUT2D eigenvalue weighted by molar-refractivity contribution is -0.151. The van der Waals surface area contributed by atoms with Crippen LogP contribution in [-0.2, 0) is 15.1 Å². The molecule has 3 nitrogen and oxygen atoms in total. The fourth-order valence-electron chi connectivity index (χ4n) is 2.73. The van der Waals surface area contributed by atoms with E-state index in [0.29, 0.717) is 19.4 Å². The Balaban J connectivity index is 2.09. The van der Waals surface area contributed by atoms with Gasteiger partial charge in [0.05, 0.1) is 18.1 Å². The van der Waals surface area contributed by atoms with Crippen LogP contribution in [0.3, 0.4) is 0 Å². The van der Waals surface area contributed by atoms with Crippen LogP contribution in [0, 0.1) is 17.6 Å². The van der Waals surface area contributed by atoms with Gasteiger partial charge in [0.1, 0.15) is 11.6 Å². The molecule has 0 heterocycles. The molecule has 1 N–H and O–H groups in total. The number of aliphatic hydroxyl groups is 1. The Morgan fingerprint density at radius 3 is 2.60 bits per heavy atom. The lowest BCUT2D eigenvalue weighted by atomic mass is 9.75. The second-order valence-corrected chi connectivity index (χ2v) is 5.18. The molecule has 1 saturated carbocycles. The van der Waals surface area contributed by atoms with E-state index in [1.807, 2.05) is 0 Å². The van der Waals surface area contributed by atoms with Crippen molar-refractivity contribution in [1.29, 1.82) is 0 Å². The molecule has 0 atom stereocenters. The number of benzene rings is 1. The van der Waals surface area contributed by atoms with E-state index in [1.165, 1.54) is 6.07 Å². The molecule has 1 aliphatic rings. The van der Waals surface area contributed by atoms with Gasteiger partial charge >= 0.3 is 5.97 Å². The van der Waals surface area contributed by atoms with Crippen LogP contribution in [0.2, 0.25) is 0 Å². The number of carbonyl (C=O) groups is 1. The van der Waals surface area contributed by atoms with E-state index in [1.54, 1.807) is 6.92 Å². The van der Waals surface area contributed by atoms with Gasteiger partial charge in [-0.3, -0.25) is 4.79 Å². The fraction of sp³-hybridized carbons (Fsp3) is 0.533. The average Bonchev–Trinajstić information content (AvgIpc) is 2.39. The van der Waals surface area contributed by atoms with Gasteiger partial charge in [-0.05, 0) is 38.7 Å². The van der Waals surface area contributed by atoms with Gasteiger partial charge in [0.2, 0.25) is 0 Å². The summed E-state index contributed by atoms with van der Waals surface area (Å²) in [5, 5.41) is 10.5. The summed E-state index contributed by atoms with van der Waals surface area (Å²) in [5.41, 5.74) is -1.23. The van der Waals surface area contributed by atoms with Crippen molar-refractivity contribution in [2.45, 2.75) is 38.2 Å². The number of esters is 1. The van der Waals surface area contributed by atoms with Gasteiger partial charge in [0.15, 0.2) is 0 Å². The third-order valence-electron chi connectivity index (χ3n) is 3.87. The van der Waals surface area contributed by atoms with Crippen molar-refractivity contribution in [1.82, 2.24) is 0 Å². The van der Waals surface area contributed by atoms with Gasteiger partial charge in [-0.25, -0.2) is 8.78 Å². The van der Waals surface area contributed by atoms with Gasteiger partial charge in [0.25, 0.3) is 0 Å². The molecule has 1 aliphatic carbocycles. The Hall–Kier alpha value is -1.49. The first-order valence-corrected chi connectivity index (χ1v) is 6.81. The summed E-state index contributed by atoms with van der Waals surface area (Å²) >= 11 is 0. The number of halogens is 2. The minimum atomic E-state index is -1.33. The Kier molecular flexibility index (Phi) is 4.38. The van der Waals surface area contributed by atoms with Crippen LogP contribution in [0.1, 0.15) is 38.2 Å². The SMILES string of the molecule is CCOC(=O)C1CCC(O)(c2ccc(F)cc2F)CC1. The Bertz CT molecular complexity index is 494. The lowest BCUT2D eigenvalue weighted by Crippen LogP contribution is -2.35. The minimum absolute atomic E-state index is 0.0983. The maximum absolute atomic E-state index is 13.8. The number of carbonyl (C=O) groups excluding carboxylic acids is 1. The summed E-state index contributed by atoms with van der Waals surface area (Å²) < 4.78 is 31.6. The van der Waals surface area contributed by atoms with E-state index in [-0.39, 0.29) is 30.3 Å². The van der Waals surface area contributed by atoms with Crippen LogP contribution in [0.5, 0.6) is 0 Å². The normalized spacial score (nSPS) is 26.3. The zero-order valence-electron chi connectivity index (χ0n) is 11.4. The Morgan fingerprint density at radius 2 is 2.05 bits per heavy atom. The summed E-state index contributed by atoms with van der Waals surface area (Å²) in [4.78, 5) is 11.6. The zero-order chi connectivity index (χ0) is 14.8. The van der Waals surface area contributed by atoms with Crippen LogP contribution in [-0.4, -0.2) is 17.7 Å². The molecule has 1 aromatic rings. The third kappa shape index (κ3) is 2.98. The van der Waals surface area contributed by atoms with Crippen molar-refractivity contribution < 1.29 is 23.4 Å². The highest BCUT2D eigenvalue weighted by atomic mass is 19.1.